The van der Waals surface area contributed by atoms with Gasteiger partial charge in [0, 0.05) is 18.5 Å². The average Bonchev–Trinajstić information content (AvgIpc) is 2.90. The van der Waals surface area contributed by atoms with Crippen LogP contribution in [0.15, 0.2) is 65.7 Å². The zero-order valence-corrected chi connectivity index (χ0v) is 22.9. The van der Waals surface area contributed by atoms with Gasteiger partial charge in [-0.3, -0.25) is 15.1 Å². The van der Waals surface area contributed by atoms with Crippen molar-refractivity contribution in [2.24, 2.45) is 16.3 Å². The molecule has 0 aliphatic rings. The maximum absolute atomic E-state index is 12.5. The number of rotatable bonds is 14. The number of aliphatic imine (C=N–C) groups is 1. The SMILES string of the molecule is CC(C)COC(=O)NC(=NCCC(C)(C)CCC(=O)NC(C#N)COCc1ccccc1)c1ccccc1. The van der Waals surface area contributed by atoms with E-state index in [1.54, 1.807) is 0 Å². The summed E-state index contributed by atoms with van der Waals surface area (Å²) in [6.45, 7) is 9.42. The Hall–Kier alpha value is -3.70. The van der Waals surface area contributed by atoms with Crippen LogP contribution in [0, 0.1) is 22.7 Å². The largest absolute Gasteiger partial charge is 0.449 e. The summed E-state index contributed by atoms with van der Waals surface area (Å²) in [5.41, 5.74) is 1.63. The van der Waals surface area contributed by atoms with Gasteiger partial charge in [0.05, 0.1) is 25.9 Å². The highest BCUT2D eigenvalue weighted by molar-refractivity contribution is 6.06. The minimum Gasteiger partial charge on any atom is -0.449 e. The first-order valence-electron chi connectivity index (χ1n) is 13.0. The van der Waals surface area contributed by atoms with Crippen LogP contribution in [0.25, 0.3) is 0 Å². The van der Waals surface area contributed by atoms with Gasteiger partial charge in [0.2, 0.25) is 5.91 Å². The number of amidine groups is 1. The predicted molar refractivity (Wildman–Crippen MR) is 148 cm³/mol. The molecule has 0 radical (unpaired) electrons. The minimum absolute atomic E-state index is 0.129. The predicted octanol–water partition coefficient (Wildman–Crippen LogP) is 5.24. The number of amides is 2. The molecule has 0 saturated carbocycles. The third-order valence-electron chi connectivity index (χ3n) is 5.79. The molecule has 0 aliphatic carbocycles. The number of benzene rings is 2. The van der Waals surface area contributed by atoms with Crippen LogP contribution in [-0.4, -0.2) is 43.6 Å². The van der Waals surface area contributed by atoms with Crippen LogP contribution in [0.1, 0.15) is 58.1 Å². The number of alkyl carbamates (subject to hydrolysis) is 1. The smallest absolute Gasteiger partial charge is 0.412 e. The van der Waals surface area contributed by atoms with E-state index in [4.69, 9.17) is 9.47 Å². The Labute approximate surface area is 226 Å². The second-order valence-electron chi connectivity index (χ2n) is 10.4. The summed E-state index contributed by atoms with van der Waals surface area (Å²) in [5, 5.41) is 14.9. The van der Waals surface area contributed by atoms with Crippen molar-refractivity contribution >= 4 is 17.8 Å². The molecule has 2 rings (SSSR count). The molecule has 2 aromatic rings. The number of carbonyl (C=O) groups excluding carboxylic acids is 2. The lowest BCUT2D eigenvalue weighted by Gasteiger charge is -2.24. The Kier molecular flexibility index (Phi) is 13.0. The second-order valence-corrected chi connectivity index (χ2v) is 10.4. The van der Waals surface area contributed by atoms with E-state index in [9.17, 15) is 14.9 Å². The summed E-state index contributed by atoms with van der Waals surface area (Å²) < 4.78 is 10.8. The van der Waals surface area contributed by atoms with Crippen molar-refractivity contribution in [3.63, 3.8) is 0 Å². The normalized spacial score (nSPS) is 12.5. The molecular weight excluding hydrogens is 480 g/mol. The van der Waals surface area contributed by atoms with Gasteiger partial charge in [-0.05, 0) is 29.7 Å². The highest BCUT2D eigenvalue weighted by Crippen LogP contribution is 2.26. The summed E-state index contributed by atoms with van der Waals surface area (Å²) in [7, 11) is 0. The van der Waals surface area contributed by atoms with E-state index in [1.807, 2.05) is 74.5 Å². The molecule has 0 fully saturated rings. The monoisotopic (exact) mass is 520 g/mol. The lowest BCUT2D eigenvalue weighted by Crippen LogP contribution is -2.37. The van der Waals surface area contributed by atoms with Crippen LogP contribution in [0.4, 0.5) is 4.79 Å². The van der Waals surface area contributed by atoms with Crippen molar-refractivity contribution in [2.45, 2.75) is 59.6 Å². The summed E-state index contributed by atoms with van der Waals surface area (Å²) in [4.78, 5) is 29.4. The lowest BCUT2D eigenvalue weighted by atomic mass is 9.84. The van der Waals surface area contributed by atoms with Crippen LogP contribution >= 0.6 is 0 Å². The molecule has 8 nitrogen and oxygen atoms in total. The summed E-state index contributed by atoms with van der Waals surface area (Å²) in [6.07, 6.45) is 1.10. The summed E-state index contributed by atoms with van der Waals surface area (Å²) in [6, 6.07) is 20.5. The fourth-order valence-electron chi connectivity index (χ4n) is 3.47. The Bertz CT molecular complexity index is 1060. The van der Waals surface area contributed by atoms with Gasteiger partial charge in [0.1, 0.15) is 11.9 Å². The van der Waals surface area contributed by atoms with Crippen LogP contribution in [0.2, 0.25) is 0 Å². The molecule has 1 atom stereocenters. The Balaban J connectivity index is 1.82. The summed E-state index contributed by atoms with van der Waals surface area (Å²) >= 11 is 0. The highest BCUT2D eigenvalue weighted by Gasteiger charge is 2.21. The van der Waals surface area contributed by atoms with Crippen molar-refractivity contribution in [3.8, 4) is 6.07 Å². The van der Waals surface area contributed by atoms with Gasteiger partial charge in [-0.1, -0.05) is 88.4 Å². The van der Waals surface area contributed by atoms with Gasteiger partial charge in [-0.2, -0.15) is 5.26 Å². The Morgan fingerprint density at radius 3 is 2.29 bits per heavy atom. The van der Waals surface area contributed by atoms with Gasteiger partial charge < -0.3 is 14.8 Å². The Morgan fingerprint density at radius 1 is 1.00 bits per heavy atom. The van der Waals surface area contributed by atoms with Gasteiger partial charge in [0.15, 0.2) is 0 Å². The number of ether oxygens (including phenoxy) is 2. The minimum atomic E-state index is -0.700. The average molecular weight is 521 g/mol. The van der Waals surface area contributed by atoms with Crippen molar-refractivity contribution in [1.29, 1.82) is 5.26 Å². The highest BCUT2D eigenvalue weighted by atomic mass is 16.5. The number of nitrogens with zero attached hydrogens (tertiary/aromatic N) is 2. The molecular formula is C30H40N4O4. The van der Waals surface area contributed by atoms with E-state index in [0.717, 1.165) is 11.1 Å². The van der Waals surface area contributed by atoms with Crippen LogP contribution < -0.4 is 10.6 Å². The van der Waals surface area contributed by atoms with Crippen molar-refractivity contribution in [1.82, 2.24) is 10.6 Å². The number of nitriles is 1. The first-order valence-corrected chi connectivity index (χ1v) is 13.0. The third-order valence-corrected chi connectivity index (χ3v) is 5.79. The molecule has 0 heterocycles. The molecule has 0 spiro atoms. The first kappa shape index (κ1) is 30.5. The van der Waals surface area contributed by atoms with E-state index in [0.29, 0.717) is 44.9 Å². The molecule has 0 aromatic heterocycles. The topological polar surface area (TPSA) is 113 Å². The van der Waals surface area contributed by atoms with Gasteiger partial charge >= 0.3 is 6.09 Å². The van der Waals surface area contributed by atoms with E-state index in [1.165, 1.54) is 0 Å². The fourth-order valence-corrected chi connectivity index (χ4v) is 3.47. The number of nitrogens with one attached hydrogen (secondary N) is 2. The number of carbonyl (C=O) groups is 2. The van der Waals surface area contributed by atoms with Crippen molar-refractivity contribution in [3.05, 3.63) is 71.8 Å². The van der Waals surface area contributed by atoms with E-state index in [2.05, 4.69) is 35.5 Å². The molecule has 0 bridgehead atoms. The van der Waals surface area contributed by atoms with Crippen LogP contribution in [-0.2, 0) is 20.9 Å². The maximum atomic E-state index is 12.5. The van der Waals surface area contributed by atoms with Crippen molar-refractivity contribution in [2.75, 3.05) is 19.8 Å². The van der Waals surface area contributed by atoms with Gasteiger partial charge in [-0.25, -0.2) is 4.79 Å². The standard InChI is InChI=1S/C30H40N4O4/c1-23(2)20-38-29(36)34-28(25-13-9-6-10-14-25)32-18-17-30(3,4)16-15-27(35)33-26(19-31)22-37-21-24-11-7-5-8-12-24/h5-14,23,26H,15-18,20-22H2,1-4H3,(H,33,35)(H,32,34,36). The van der Waals surface area contributed by atoms with E-state index < -0.39 is 12.1 Å². The molecule has 0 saturated heterocycles. The lowest BCUT2D eigenvalue weighted by molar-refractivity contribution is -0.122. The molecule has 0 aliphatic heterocycles. The zero-order valence-electron chi connectivity index (χ0n) is 22.9. The van der Waals surface area contributed by atoms with E-state index >= 15 is 0 Å². The van der Waals surface area contributed by atoms with E-state index in [-0.39, 0.29) is 23.8 Å². The van der Waals surface area contributed by atoms with Crippen molar-refractivity contribution < 1.29 is 19.1 Å². The molecule has 2 aromatic carbocycles. The Morgan fingerprint density at radius 2 is 1.66 bits per heavy atom. The first-order chi connectivity index (χ1) is 18.2. The number of hydrogen-bond acceptors (Lipinski definition) is 6. The summed E-state index contributed by atoms with van der Waals surface area (Å²) in [5.74, 6) is 0.511. The molecule has 2 amide bonds. The fraction of sp³-hybridized carbons (Fsp3) is 0.467. The molecule has 204 valence electrons. The second kappa shape index (κ2) is 16.2. The van der Waals surface area contributed by atoms with Gasteiger partial charge in [0.25, 0.3) is 0 Å². The van der Waals surface area contributed by atoms with Gasteiger partial charge in [-0.15, -0.1) is 0 Å². The number of hydrogen-bond donors (Lipinski definition) is 2. The molecule has 8 heteroatoms. The third kappa shape index (κ3) is 12.5. The molecule has 2 N–H and O–H groups in total. The molecule has 1 unspecified atom stereocenters. The van der Waals surface area contributed by atoms with Crippen LogP contribution in [0.5, 0.6) is 0 Å². The quantitative estimate of drug-likeness (QED) is 0.261. The maximum Gasteiger partial charge on any atom is 0.412 e. The zero-order chi connectivity index (χ0) is 27.8. The molecule has 38 heavy (non-hydrogen) atoms. The van der Waals surface area contributed by atoms with Crippen LogP contribution in [0.3, 0.4) is 0 Å².